The van der Waals surface area contributed by atoms with Gasteiger partial charge in [-0.05, 0) is 76.9 Å². The molecule has 2 fully saturated rings. The number of piperidine rings is 2. The number of rotatable bonds is 5. The lowest BCUT2D eigenvalue weighted by molar-refractivity contribution is -0.00318. The molecule has 3 heterocycles. The van der Waals surface area contributed by atoms with Gasteiger partial charge in [-0.2, -0.15) is 0 Å². The summed E-state index contributed by atoms with van der Waals surface area (Å²) in [5.41, 5.74) is 1.12. The SMILES string of the molecule is CC(C)COc1ncccc1CN1CCC2(CC1)CCN(C(=O)OC(C)(C)C)CC2. The predicted molar refractivity (Wildman–Crippen MR) is 119 cm³/mol. The second-order valence-electron chi connectivity index (χ2n) is 10.4. The van der Waals surface area contributed by atoms with Crippen LogP contribution in [0.1, 0.15) is 65.9 Å². The highest BCUT2D eigenvalue weighted by molar-refractivity contribution is 5.68. The number of pyridine rings is 1. The van der Waals surface area contributed by atoms with Crippen molar-refractivity contribution >= 4 is 6.09 Å². The maximum absolute atomic E-state index is 12.3. The van der Waals surface area contributed by atoms with Gasteiger partial charge < -0.3 is 14.4 Å². The molecule has 6 nitrogen and oxygen atoms in total. The number of hydrogen-bond acceptors (Lipinski definition) is 5. The molecule has 2 aliphatic rings. The standard InChI is InChI=1S/C24H39N3O3/c1-19(2)18-29-21-20(7-6-12-25-21)17-26-13-8-24(9-14-26)10-15-27(16-11-24)22(28)30-23(3,4)5/h6-7,12,19H,8-11,13-18H2,1-5H3. The average Bonchev–Trinajstić information content (AvgIpc) is 2.68. The van der Waals surface area contributed by atoms with Crippen LogP contribution in [0.2, 0.25) is 0 Å². The first-order valence-corrected chi connectivity index (χ1v) is 11.4. The summed E-state index contributed by atoms with van der Waals surface area (Å²) in [6.45, 7) is 15.5. The molecule has 2 saturated heterocycles. The minimum atomic E-state index is -0.429. The molecule has 30 heavy (non-hydrogen) atoms. The fourth-order valence-corrected chi connectivity index (χ4v) is 4.34. The van der Waals surface area contributed by atoms with Crippen molar-refractivity contribution in [3.05, 3.63) is 23.9 Å². The van der Waals surface area contributed by atoms with Crippen LogP contribution in [0, 0.1) is 11.3 Å². The van der Waals surface area contributed by atoms with E-state index in [1.807, 2.05) is 37.9 Å². The molecule has 2 aliphatic heterocycles. The Morgan fingerprint density at radius 2 is 1.77 bits per heavy atom. The third-order valence-electron chi connectivity index (χ3n) is 6.19. The zero-order chi connectivity index (χ0) is 21.8. The Labute approximate surface area is 181 Å². The maximum atomic E-state index is 12.3. The average molecular weight is 418 g/mol. The molecule has 1 amide bonds. The number of aromatic nitrogens is 1. The van der Waals surface area contributed by atoms with Gasteiger partial charge in [-0.25, -0.2) is 9.78 Å². The summed E-state index contributed by atoms with van der Waals surface area (Å²) in [7, 11) is 0. The summed E-state index contributed by atoms with van der Waals surface area (Å²) in [5, 5.41) is 0. The van der Waals surface area contributed by atoms with Crippen molar-refractivity contribution in [2.75, 3.05) is 32.8 Å². The Morgan fingerprint density at radius 3 is 2.37 bits per heavy atom. The Kier molecular flexibility index (Phi) is 7.27. The zero-order valence-corrected chi connectivity index (χ0v) is 19.4. The van der Waals surface area contributed by atoms with Gasteiger partial charge in [0.25, 0.3) is 0 Å². The first-order valence-electron chi connectivity index (χ1n) is 11.4. The molecule has 0 radical (unpaired) electrons. The van der Waals surface area contributed by atoms with Crippen molar-refractivity contribution in [2.45, 2.75) is 72.4 Å². The fraction of sp³-hybridized carbons (Fsp3) is 0.750. The Morgan fingerprint density at radius 1 is 1.13 bits per heavy atom. The molecule has 0 aromatic carbocycles. The summed E-state index contributed by atoms with van der Waals surface area (Å²) < 4.78 is 11.5. The van der Waals surface area contributed by atoms with E-state index in [4.69, 9.17) is 9.47 Å². The van der Waals surface area contributed by atoms with E-state index in [9.17, 15) is 4.79 Å². The lowest BCUT2D eigenvalue weighted by Crippen LogP contribution is -2.49. The van der Waals surface area contributed by atoms with E-state index >= 15 is 0 Å². The molecule has 0 saturated carbocycles. The van der Waals surface area contributed by atoms with Crippen LogP contribution in [0.3, 0.4) is 0 Å². The molecule has 0 unspecified atom stereocenters. The summed E-state index contributed by atoms with van der Waals surface area (Å²) in [6.07, 6.45) is 6.18. The molecule has 6 heteroatoms. The van der Waals surface area contributed by atoms with Crippen molar-refractivity contribution in [3.8, 4) is 5.88 Å². The fourth-order valence-electron chi connectivity index (χ4n) is 4.34. The van der Waals surface area contributed by atoms with E-state index in [-0.39, 0.29) is 6.09 Å². The van der Waals surface area contributed by atoms with E-state index in [1.165, 1.54) is 18.4 Å². The Hall–Kier alpha value is -1.82. The molecule has 1 aromatic heterocycles. The van der Waals surface area contributed by atoms with E-state index in [0.717, 1.165) is 51.4 Å². The van der Waals surface area contributed by atoms with Gasteiger partial charge in [0, 0.05) is 31.4 Å². The second-order valence-corrected chi connectivity index (χ2v) is 10.4. The summed E-state index contributed by atoms with van der Waals surface area (Å²) in [6, 6.07) is 4.13. The largest absolute Gasteiger partial charge is 0.477 e. The zero-order valence-electron chi connectivity index (χ0n) is 19.4. The topological polar surface area (TPSA) is 54.9 Å². The van der Waals surface area contributed by atoms with Crippen molar-refractivity contribution in [2.24, 2.45) is 11.3 Å². The third kappa shape index (κ3) is 6.34. The van der Waals surface area contributed by atoms with Gasteiger partial charge in [-0.3, -0.25) is 4.90 Å². The molecule has 1 spiro atoms. The van der Waals surface area contributed by atoms with Gasteiger partial charge >= 0.3 is 6.09 Å². The van der Waals surface area contributed by atoms with Gasteiger partial charge in [-0.15, -0.1) is 0 Å². The van der Waals surface area contributed by atoms with Gasteiger partial charge in [-0.1, -0.05) is 19.9 Å². The minimum absolute atomic E-state index is 0.166. The van der Waals surface area contributed by atoms with Crippen LogP contribution in [0.15, 0.2) is 18.3 Å². The third-order valence-corrected chi connectivity index (χ3v) is 6.19. The number of amides is 1. The number of ether oxygens (including phenoxy) is 2. The first kappa shape index (κ1) is 22.9. The van der Waals surface area contributed by atoms with Gasteiger partial charge in [0.2, 0.25) is 5.88 Å². The highest BCUT2D eigenvalue weighted by Crippen LogP contribution is 2.41. The first-order chi connectivity index (χ1) is 14.2. The summed E-state index contributed by atoms with van der Waals surface area (Å²) in [4.78, 5) is 21.2. The smallest absolute Gasteiger partial charge is 0.410 e. The number of carbonyl (C=O) groups is 1. The minimum Gasteiger partial charge on any atom is -0.477 e. The lowest BCUT2D eigenvalue weighted by Gasteiger charge is -2.46. The van der Waals surface area contributed by atoms with Crippen LogP contribution < -0.4 is 4.74 Å². The van der Waals surface area contributed by atoms with Crippen molar-refractivity contribution in [3.63, 3.8) is 0 Å². The highest BCUT2D eigenvalue weighted by atomic mass is 16.6. The van der Waals surface area contributed by atoms with Crippen LogP contribution >= 0.6 is 0 Å². The molecule has 3 rings (SSSR count). The maximum Gasteiger partial charge on any atom is 0.410 e. The quantitative estimate of drug-likeness (QED) is 0.693. The van der Waals surface area contributed by atoms with Gasteiger partial charge in [0.1, 0.15) is 5.60 Å². The van der Waals surface area contributed by atoms with Crippen LogP contribution in [-0.4, -0.2) is 59.3 Å². The predicted octanol–water partition coefficient (Wildman–Crippen LogP) is 4.73. The Balaban J connectivity index is 1.49. The monoisotopic (exact) mass is 417 g/mol. The van der Waals surface area contributed by atoms with E-state index in [1.54, 1.807) is 0 Å². The van der Waals surface area contributed by atoms with E-state index in [2.05, 4.69) is 29.8 Å². The molecule has 1 aromatic rings. The van der Waals surface area contributed by atoms with Gasteiger partial charge in [0.15, 0.2) is 0 Å². The number of carbonyl (C=O) groups excluding carboxylic acids is 1. The van der Waals surface area contributed by atoms with Gasteiger partial charge in [0.05, 0.1) is 6.61 Å². The molecular weight excluding hydrogens is 378 g/mol. The number of likely N-dealkylation sites (tertiary alicyclic amines) is 2. The van der Waals surface area contributed by atoms with E-state index in [0.29, 0.717) is 17.9 Å². The van der Waals surface area contributed by atoms with E-state index < -0.39 is 5.60 Å². The molecule has 0 atom stereocenters. The lowest BCUT2D eigenvalue weighted by atomic mass is 9.71. The van der Waals surface area contributed by atoms with Crippen LogP contribution in [0.4, 0.5) is 4.79 Å². The highest BCUT2D eigenvalue weighted by Gasteiger charge is 2.39. The molecule has 0 bridgehead atoms. The van der Waals surface area contributed by atoms with Crippen LogP contribution in [0.5, 0.6) is 5.88 Å². The normalized spacial score (nSPS) is 19.9. The molecule has 0 aliphatic carbocycles. The van der Waals surface area contributed by atoms with Crippen molar-refractivity contribution in [1.29, 1.82) is 0 Å². The summed E-state index contributed by atoms with van der Waals surface area (Å²) in [5.74, 6) is 1.26. The molecule has 168 valence electrons. The Bertz CT molecular complexity index is 696. The number of nitrogens with zero attached hydrogens (tertiary/aromatic N) is 3. The molecular formula is C24H39N3O3. The summed E-state index contributed by atoms with van der Waals surface area (Å²) >= 11 is 0. The van der Waals surface area contributed by atoms with Crippen LogP contribution in [-0.2, 0) is 11.3 Å². The molecule has 0 N–H and O–H groups in total. The van der Waals surface area contributed by atoms with Crippen molar-refractivity contribution in [1.82, 2.24) is 14.8 Å². The van der Waals surface area contributed by atoms with Crippen LogP contribution in [0.25, 0.3) is 0 Å². The second kappa shape index (κ2) is 9.54. The number of hydrogen-bond donors (Lipinski definition) is 0. The van der Waals surface area contributed by atoms with Crippen molar-refractivity contribution < 1.29 is 14.3 Å².